The van der Waals surface area contributed by atoms with Crippen LogP contribution in [0.15, 0.2) is 206 Å². The van der Waals surface area contributed by atoms with Crippen LogP contribution in [0.25, 0.3) is 54.9 Å². The molecule has 330 valence electrons. The number of ether oxygens (including phenoxy) is 2. The molecule has 0 radical (unpaired) electrons. The summed E-state index contributed by atoms with van der Waals surface area (Å²) < 4.78 is 11.5. The Morgan fingerprint density at radius 2 is 0.882 bits per heavy atom. The van der Waals surface area contributed by atoms with Crippen LogP contribution in [0.4, 0.5) is 34.1 Å². The predicted octanol–water partition coefficient (Wildman–Crippen LogP) is 17.2. The number of para-hydroxylation sites is 2. The largest absolute Gasteiger partial charge is 0.497 e. The van der Waals surface area contributed by atoms with Gasteiger partial charge in [-0.1, -0.05) is 149 Å². The third-order valence-corrected chi connectivity index (χ3v) is 14.8. The van der Waals surface area contributed by atoms with Gasteiger partial charge in [0.15, 0.2) is 0 Å². The molecule has 4 heteroatoms. The molecular formula is C64H52N2O2. The van der Waals surface area contributed by atoms with Crippen LogP contribution in [0.3, 0.4) is 0 Å². The van der Waals surface area contributed by atoms with E-state index in [1.54, 1.807) is 14.2 Å². The van der Waals surface area contributed by atoms with E-state index < -0.39 is 0 Å². The first-order chi connectivity index (χ1) is 33.1. The van der Waals surface area contributed by atoms with Crippen molar-refractivity contribution in [2.45, 2.75) is 38.5 Å². The molecule has 0 saturated carbocycles. The molecule has 0 aliphatic heterocycles. The molecule has 0 heterocycles. The van der Waals surface area contributed by atoms with E-state index in [1.165, 1.54) is 66.1 Å². The Bertz CT molecular complexity index is 3590. The summed E-state index contributed by atoms with van der Waals surface area (Å²) in [6.07, 6.45) is 0. The normalized spacial score (nSPS) is 13.7. The van der Waals surface area contributed by atoms with Crippen molar-refractivity contribution in [1.29, 1.82) is 0 Å². The van der Waals surface area contributed by atoms with E-state index in [9.17, 15) is 0 Å². The van der Waals surface area contributed by atoms with E-state index in [0.717, 1.165) is 56.8 Å². The van der Waals surface area contributed by atoms with E-state index in [-0.39, 0.29) is 10.8 Å². The first-order valence-electron chi connectivity index (χ1n) is 23.6. The summed E-state index contributed by atoms with van der Waals surface area (Å²) in [5.41, 5.74) is 18.8. The molecule has 0 unspecified atom stereocenters. The van der Waals surface area contributed by atoms with Crippen LogP contribution in [-0.4, -0.2) is 14.2 Å². The predicted molar refractivity (Wildman–Crippen MR) is 284 cm³/mol. The molecule has 2 aliphatic rings. The average molecular weight is 881 g/mol. The summed E-state index contributed by atoms with van der Waals surface area (Å²) in [7, 11) is 3.49. The van der Waals surface area contributed by atoms with E-state index in [1.807, 2.05) is 0 Å². The van der Waals surface area contributed by atoms with Crippen LogP contribution in [-0.2, 0) is 10.8 Å². The summed E-state index contributed by atoms with van der Waals surface area (Å²) in [5.74, 6) is 1.74. The lowest BCUT2D eigenvalue weighted by molar-refractivity contribution is 0.414. The van der Waals surface area contributed by atoms with Gasteiger partial charge in [0.2, 0.25) is 0 Å². The number of anilines is 6. The highest BCUT2D eigenvalue weighted by Crippen LogP contribution is 2.56. The number of hydrogen-bond acceptors (Lipinski definition) is 4. The first kappa shape index (κ1) is 41.4. The lowest BCUT2D eigenvalue weighted by Crippen LogP contribution is -2.24. The molecular weight excluding hydrogens is 829 g/mol. The Balaban J connectivity index is 0.973. The van der Waals surface area contributed by atoms with Gasteiger partial charge in [-0.2, -0.15) is 0 Å². The van der Waals surface area contributed by atoms with Crippen LogP contribution in [0, 0.1) is 0 Å². The molecule has 68 heavy (non-hydrogen) atoms. The number of hydrogen-bond donors (Lipinski definition) is 0. The van der Waals surface area contributed by atoms with E-state index >= 15 is 0 Å². The second-order valence-corrected chi connectivity index (χ2v) is 19.2. The van der Waals surface area contributed by atoms with Gasteiger partial charge in [0.1, 0.15) is 11.5 Å². The maximum absolute atomic E-state index is 5.76. The Labute approximate surface area is 399 Å². The smallest absolute Gasteiger partial charge is 0.119 e. The van der Waals surface area contributed by atoms with E-state index in [0.29, 0.717) is 0 Å². The zero-order chi connectivity index (χ0) is 46.3. The van der Waals surface area contributed by atoms with Crippen molar-refractivity contribution in [1.82, 2.24) is 0 Å². The highest BCUT2D eigenvalue weighted by Gasteiger charge is 2.39. The minimum Gasteiger partial charge on any atom is -0.497 e. The summed E-state index contributed by atoms with van der Waals surface area (Å²) in [5, 5.41) is 4.94. The van der Waals surface area contributed by atoms with Crippen LogP contribution in [0.5, 0.6) is 11.5 Å². The molecule has 0 N–H and O–H groups in total. The molecule has 0 saturated heterocycles. The zero-order valence-electron chi connectivity index (χ0n) is 39.3. The maximum atomic E-state index is 5.76. The lowest BCUT2D eigenvalue weighted by atomic mass is 9.68. The highest BCUT2D eigenvalue weighted by atomic mass is 16.5. The van der Waals surface area contributed by atoms with Gasteiger partial charge >= 0.3 is 0 Å². The second-order valence-electron chi connectivity index (χ2n) is 19.2. The standard InChI is InChI=1S/C64H52N2O2/c1-63(2)55-34-31-47(67-5)38-53(55)51-33-36-59(52-25-16-26-57(63)61(51)52)65(43-18-9-7-10-19-43)45-29-27-41(28-30-45)42-17-15-22-46(37-42)66(44-20-11-8-12-21-44)60-40-58-62(50-24-14-13-23-49(50)60)54-39-48(68-6)32-35-56(54)64(58,3)4/h7-40H,1-6H3. The monoisotopic (exact) mass is 880 g/mol. The van der Waals surface area contributed by atoms with Crippen molar-refractivity contribution in [2.75, 3.05) is 24.0 Å². The fraction of sp³-hybridized carbons (Fsp3) is 0.125. The van der Waals surface area contributed by atoms with Gasteiger partial charge in [-0.15, -0.1) is 0 Å². The molecule has 0 bridgehead atoms. The molecule has 4 nitrogen and oxygen atoms in total. The summed E-state index contributed by atoms with van der Waals surface area (Å²) in [6, 6.07) is 75.4. The van der Waals surface area contributed by atoms with Gasteiger partial charge < -0.3 is 19.3 Å². The average Bonchev–Trinajstić information content (AvgIpc) is 3.61. The molecule has 10 aromatic carbocycles. The van der Waals surface area contributed by atoms with E-state index in [2.05, 4.69) is 244 Å². The molecule has 12 rings (SSSR count). The molecule has 0 aromatic heterocycles. The first-order valence-corrected chi connectivity index (χ1v) is 23.6. The summed E-state index contributed by atoms with van der Waals surface area (Å²) >= 11 is 0. The Morgan fingerprint density at radius 1 is 0.338 bits per heavy atom. The van der Waals surface area contributed by atoms with Gasteiger partial charge in [-0.25, -0.2) is 0 Å². The number of nitrogens with zero attached hydrogens (tertiary/aromatic N) is 2. The molecule has 0 fully saturated rings. The number of fused-ring (bicyclic) bond motifs is 7. The van der Waals surface area contributed by atoms with Crippen molar-refractivity contribution in [3.63, 3.8) is 0 Å². The molecule has 0 atom stereocenters. The van der Waals surface area contributed by atoms with Crippen LogP contribution >= 0.6 is 0 Å². The number of benzene rings is 10. The van der Waals surface area contributed by atoms with Crippen LogP contribution in [0.1, 0.15) is 49.9 Å². The van der Waals surface area contributed by atoms with Crippen LogP contribution in [0.2, 0.25) is 0 Å². The highest BCUT2D eigenvalue weighted by molar-refractivity contribution is 6.12. The van der Waals surface area contributed by atoms with Gasteiger partial charge in [0, 0.05) is 44.4 Å². The third-order valence-electron chi connectivity index (χ3n) is 14.8. The van der Waals surface area contributed by atoms with Crippen molar-refractivity contribution >= 4 is 55.7 Å². The van der Waals surface area contributed by atoms with Crippen LogP contribution < -0.4 is 19.3 Å². The minimum absolute atomic E-state index is 0.193. The SMILES string of the molecule is COc1ccc2c(c1)-c1c(cc(N(c3ccccc3)c3cccc(-c4ccc(N(c5ccccc5)c5ccc6c7c(cccc57)C(C)(C)c5ccc(OC)cc5-6)cc4)c3)c3ccccc13)C2(C)C. The van der Waals surface area contributed by atoms with Crippen molar-refractivity contribution in [2.24, 2.45) is 0 Å². The fourth-order valence-corrected chi connectivity index (χ4v) is 11.4. The zero-order valence-corrected chi connectivity index (χ0v) is 39.3. The van der Waals surface area contributed by atoms with Gasteiger partial charge in [-0.05, 0) is 151 Å². The van der Waals surface area contributed by atoms with E-state index in [4.69, 9.17) is 9.47 Å². The topological polar surface area (TPSA) is 24.9 Å². The third kappa shape index (κ3) is 6.35. The molecule has 0 spiro atoms. The van der Waals surface area contributed by atoms with Gasteiger partial charge in [0.25, 0.3) is 0 Å². The Kier molecular flexibility index (Phi) is 9.60. The fourth-order valence-electron chi connectivity index (χ4n) is 11.4. The maximum Gasteiger partial charge on any atom is 0.119 e. The number of rotatable bonds is 9. The molecule has 10 aromatic rings. The summed E-state index contributed by atoms with van der Waals surface area (Å²) in [6.45, 7) is 9.39. The van der Waals surface area contributed by atoms with Crippen molar-refractivity contribution in [3.8, 4) is 44.9 Å². The minimum atomic E-state index is -0.211. The Morgan fingerprint density at radius 3 is 1.56 bits per heavy atom. The van der Waals surface area contributed by atoms with Crippen molar-refractivity contribution < 1.29 is 9.47 Å². The Hall–Kier alpha value is -8.08. The summed E-state index contributed by atoms with van der Waals surface area (Å²) in [4.78, 5) is 4.84. The lowest BCUT2D eigenvalue weighted by Gasteiger charge is -2.36. The molecule has 0 amide bonds. The van der Waals surface area contributed by atoms with Crippen molar-refractivity contribution in [3.05, 3.63) is 229 Å². The van der Waals surface area contributed by atoms with Gasteiger partial charge in [0.05, 0.1) is 25.6 Å². The van der Waals surface area contributed by atoms with Gasteiger partial charge in [-0.3, -0.25) is 0 Å². The number of methoxy groups -OCH3 is 2. The quantitative estimate of drug-likeness (QED) is 0.144. The second kappa shape index (κ2) is 15.8. The molecule has 2 aliphatic carbocycles.